The lowest BCUT2D eigenvalue weighted by molar-refractivity contribution is -0.114. The molecule has 2 N–H and O–H groups in total. The van der Waals surface area contributed by atoms with E-state index in [4.69, 9.17) is 0 Å². The quantitative estimate of drug-likeness (QED) is 0.846. The number of hydrogen-bond donors (Lipinski definition) is 2. The maximum atomic E-state index is 12.3. The Kier molecular flexibility index (Phi) is 3.86. The first-order valence-electron chi connectivity index (χ1n) is 6.15. The third-order valence-corrected chi connectivity index (χ3v) is 3.62. The van der Waals surface area contributed by atoms with E-state index in [-0.39, 0.29) is 17.4 Å². The zero-order chi connectivity index (χ0) is 14.0. The second-order valence-corrected chi connectivity index (χ2v) is 6.11. The number of rotatable bonds is 2. The Balaban J connectivity index is 2.07. The number of aromatic nitrogens is 1. The molecule has 2 amide bonds. The van der Waals surface area contributed by atoms with Crippen LogP contribution in [-0.4, -0.2) is 46.9 Å². The molecular formula is C12H18N4O2S. The molecule has 2 heterocycles. The van der Waals surface area contributed by atoms with Crippen molar-refractivity contribution in [1.82, 2.24) is 15.2 Å². The van der Waals surface area contributed by atoms with E-state index < -0.39 is 0 Å². The van der Waals surface area contributed by atoms with Gasteiger partial charge in [-0.05, 0) is 13.8 Å². The molecule has 1 aliphatic heterocycles. The summed E-state index contributed by atoms with van der Waals surface area (Å²) in [5.41, 5.74) is 0.316. The Morgan fingerprint density at radius 2 is 2.26 bits per heavy atom. The van der Waals surface area contributed by atoms with Crippen LogP contribution in [0.1, 0.15) is 31.3 Å². The molecule has 0 bridgehead atoms. The fraction of sp³-hybridized carbons (Fsp3) is 0.583. The minimum Gasteiger partial charge on any atom is -0.334 e. The molecule has 7 heteroatoms. The van der Waals surface area contributed by atoms with E-state index in [2.05, 4.69) is 29.5 Å². The predicted molar refractivity (Wildman–Crippen MR) is 74.4 cm³/mol. The first kappa shape index (κ1) is 14.0. The highest BCUT2D eigenvalue weighted by Gasteiger charge is 2.30. The zero-order valence-electron chi connectivity index (χ0n) is 11.3. The third-order valence-electron chi connectivity index (χ3n) is 2.86. The summed E-state index contributed by atoms with van der Waals surface area (Å²) in [5, 5.41) is 8.09. The first-order valence-corrected chi connectivity index (χ1v) is 7.03. The molecular weight excluding hydrogens is 264 g/mol. The normalized spacial score (nSPS) is 18.2. The van der Waals surface area contributed by atoms with Crippen LogP contribution >= 0.6 is 11.3 Å². The van der Waals surface area contributed by atoms with Crippen molar-refractivity contribution in [3.63, 3.8) is 0 Å². The molecule has 6 nitrogen and oxygen atoms in total. The lowest BCUT2D eigenvalue weighted by Crippen LogP contribution is -2.58. The predicted octanol–water partition coefficient (Wildman–Crippen LogP) is 0.925. The zero-order valence-corrected chi connectivity index (χ0v) is 12.1. The number of nitrogens with one attached hydrogen (secondary N) is 2. The minimum atomic E-state index is -0.184. The molecule has 0 aliphatic carbocycles. The lowest BCUT2D eigenvalue weighted by Gasteiger charge is -2.38. The van der Waals surface area contributed by atoms with Crippen molar-refractivity contribution >= 4 is 28.3 Å². The Hall–Kier alpha value is -1.47. The van der Waals surface area contributed by atoms with Gasteiger partial charge in [0.1, 0.15) is 5.69 Å². The van der Waals surface area contributed by atoms with Crippen molar-refractivity contribution in [3.8, 4) is 0 Å². The number of piperazine rings is 1. The number of carbonyl (C=O) groups excluding carboxylic acids is 2. The topological polar surface area (TPSA) is 74.3 Å². The van der Waals surface area contributed by atoms with Gasteiger partial charge in [0.05, 0.1) is 0 Å². The van der Waals surface area contributed by atoms with Crippen molar-refractivity contribution in [3.05, 3.63) is 11.1 Å². The van der Waals surface area contributed by atoms with Crippen molar-refractivity contribution in [1.29, 1.82) is 0 Å². The molecule has 1 aromatic heterocycles. The largest absolute Gasteiger partial charge is 0.334 e. The summed E-state index contributed by atoms with van der Waals surface area (Å²) >= 11 is 1.26. The summed E-state index contributed by atoms with van der Waals surface area (Å²) in [6, 6.07) is 0. The summed E-state index contributed by atoms with van der Waals surface area (Å²) in [4.78, 5) is 29.2. The van der Waals surface area contributed by atoms with Gasteiger partial charge in [-0.1, -0.05) is 0 Å². The number of nitrogens with zero attached hydrogens (tertiary/aromatic N) is 2. The van der Waals surface area contributed by atoms with Gasteiger partial charge in [-0.25, -0.2) is 4.98 Å². The fourth-order valence-electron chi connectivity index (χ4n) is 2.06. The van der Waals surface area contributed by atoms with Crippen LogP contribution in [0.25, 0.3) is 0 Å². The van der Waals surface area contributed by atoms with E-state index in [1.807, 2.05) is 0 Å². The molecule has 104 valence electrons. The second kappa shape index (κ2) is 5.26. The molecule has 1 saturated heterocycles. The summed E-state index contributed by atoms with van der Waals surface area (Å²) in [6.07, 6.45) is 0. The average molecular weight is 282 g/mol. The van der Waals surface area contributed by atoms with Gasteiger partial charge in [-0.2, -0.15) is 0 Å². The lowest BCUT2D eigenvalue weighted by atomic mass is 10.0. The summed E-state index contributed by atoms with van der Waals surface area (Å²) in [7, 11) is 0. The molecule has 1 aromatic rings. The van der Waals surface area contributed by atoms with Gasteiger partial charge >= 0.3 is 0 Å². The summed E-state index contributed by atoms with van der Waals surface area (Å²) in [5.74, 6) is -0.265. The molecule has 0 aromatic carbocycles. The van der Waals surface area contributed by atoms with Crippen molar-refractivity contribution in [2.24, 2.45) is 0 Å². The van der Waals surface area contributed by atoms with Crippen LogP contribution in [0, 0.1) is 0 Å². The highest BCUT2D eigenvalue weighted by atomic mass is 32.1. The molecule has 19 heavy (non-hydrogen) atoms. The number of thiazole rings is 1. The molecule has 1 fully saturated rings. The SMILES string of the molecule is CC(=O)Nc1nc(C(=O)N2CCNC(C)(C)C2)cs1. The molecule has 0 spiro atoms. The molecule has 1 aliphatic rings. The maximum absolute atomic E-state index is 12.3. The van der Waals surface area contributed by atoms with E-state index in [0.29, 0.717) is 23.9 Å². The van der Waals surface area contributed by atoms with Crippen LogP contribution in [0.5, 0.6) is 0 Å². The van der Waals surface area contributed by atoms with E-state index >= 15 is 0 Å². The monoisotopic (exact) mass is 282 g/mol. The van der Waals surface area contributed by atoms with Gasteiger partial charge in [0.15, 0.2) is 5.13 Å². The van der Waals surface area contributed by atoms with Crippen LogP contribution in [0.3, 0.4) is 0 Å². The molecule has 2 rings (SSSR count). The van der Waals surface area contributed by atoms with Crippen molar-refractivity contribution in [2.45, 2.75) is 26.3 Å². The van der Waals surface area contributed by atoms with E-state index in [9.17, 15) is 9.59 Å². The minimum absolute atomic E-state index is 0.0790. The van der Waals surface area contributed by atoms with Gasteiger partial charge in [-0.3, -0.25) is 9.59 Å². The summed E-state index contributed by atoms with van der Waals surface area (Å²) in [6.45, 7) is 7.66. The van der Waals surface area contributed by atoms with Gasteiger partial charge in [0, 0.05) is 37.5 Å². The second-order valence-electron chi connectivity index (χ2n) is 5.26. The average Bonchev–Trinajstić information content (AvgIpc) is 2.74. The Morgan fingerprint density at radius 1 is 1.53 bits per heavy atom. The summed E-state index contributed by atoms with van der Waals surface area (Å²) < 4.78 is 0. The van der Waals surface area contributed by atoms with Gasteiger partial charge in [-0.15, -0.1) is 11.3 Å². The Bertz CT molecular complexity index is 498. The third kappa shape index (κ3) is 3.51. The van der Waals surface area contributed by atoms with Crippen molar-refractivity contribution < 1.29 is 9.59 Å². The highest BCUT2D eigenvalue weighted by molar-refractivity contribution is 7.14. The Morgan fingerprint density at radius 3 is 2.89 bits per heavy atom. The van der Waals surface area contributed by atoms with Crippen LogP contribution < -0.4 is 10.6 Å². The van der Waals surface area contributed by atoms with Crippen LogP contribution in [0.4, 0.5) is 5.13 Å². The van der Waals surface area contributed by atoms with Gasteiger partial charge in [0.25, 0.3) is 5.91 Å². The van der Waals surface area contributed by atoms with Crippen LogP contribution in [0.15, 0.2) is 5.38 Å². The Labute approximate surface area is 116 Å². The smallest absolute Gasteiger partial charge is 0.273 e. The number of hydrogen-bond acceptors (Lipinski definition) is 5. The fourth-order valence-corrected chi connectivity index (χ4v) is 2.79. The standard InChI is InChI=1S/C12H18N4O2S/c1-8(17)14-11-15-9(6-19-11)10(18)16-5-4-13-12(2,3)7-16/h6,13H,4-5,7H2,1-3H3,(H,14,15,17). The van der Waals surface area contributed by atoms with E-state index in [0.717, 1.165) is 6.54 Å². The maximum Gasteiger partial charge on any atom is 0.273 e. The van der Waals surface area contributed by atoms with Crippen LogP contribution in [0.2, 0.25) is 0 Å². The molecule has 0 unspecified atom stereocenters. The number of amides is 2. The van der Waals surface area contributed by atoms with E-state index in [1.165, 1.54) is 18.3 Å². The van der Waals surface area contributed by atoms with E-state index in [1.54, 1.807) is 10.3 Å². The van der Waals surface area contributed by atoms with Crippen LogP contribution in [-0.2, 0) is 4.79 Å². The number of carbonyl (C=O) groups is 2. The molecule has 0 saturated carbocycles. The first-order chi connectivity index (χ1) is 8.87. The van der Waals surface area contributed by atoms with Crippen molar-refractivity contribution in [2.75, 3.05) is 25.0 Å². The number of anilines is 1. The van der Waals surface area contributed by atoms with Gasteiger partial charge < -0.3 is 15.5 Å². The van der Waals surface area contributed by atoms with Gasteiger partial charge in [0.2, 0.25) is 5.91 Å². The highest BCUT2D eigenvalue weighted by Crippen LogP contribution is 2.18. The molecule has 0 atom stereocenters. The molecule has 0 radical (unpaired) electrons.